The van der Waals surface area contributed by atoms with Gasteiger partial charge in [-0.1, -0.05) is 18.2 Å². The lowest BCUT2D eigenvalue weighted by Gasteiger charge is -2.04. The highest BCUT2D eigenvalue weighted by atomic mass is 35.5. The van der Waals surface area contributed by atoms with Gasteiger partial charge in [0.25, 0.3) is 5.69 Å². The molecule has 0 aromatic heterocycles. The van der Waals surface area contributed by atoms with Gasteiger partial charge in [-0.05, 0) is 6.07 Å². The number of nitro benzene ring substituents is 1. The first-order valence-electron chi connectivity index (χ1n) is 4.01. The molecule has 0 unspecified atom stereocenters. The highest BCUT2D eigenvalue weighted by molar-refractivity contribution is 6.29. The van der Waals surface area contributed by atoms with E-state index in [-0.39, 0.29) is 12.2 Å². The Balaban J connectivity index is 2.88. The molecular weight excluding hydrogens is 223 g/mol. The van der Waals surface area contributed by atoms with E-state index in [1.165, 1.54) is 6.07 Å². The van der Waals surface area contributed by atoms with Crippen molar-refractivity contribution in [2.45, 2.75) is 0 Å². The van der Waals surface area contributed by atoms with E-state index in [1.807, 2.05) is 0 Å². The average molecular weight is 231 g/mol. The van der Waals surface area contributed by atoms with Crippen LogP contribution in [-0.4, -0.2) is 11.5 Å². The molecule has 0 aliphatic carbocycles. The molecule has 80 valence electrons. The fourth-order valence-electron chi connectivity index (χ4n) is 0.980. The summed E-state index contributed by atoms with van der Waals surface area (Å²) in [6, 6.07) is 3.22. The minimum absolute atomic E-state index is 0.224. The Morgan fingerprint density at radius 1 is 1.60 bits per heavy atom. The van der Waals surface area contributed by atoms with Gasteiger partial charge in [0.05, 0.1) is 17.5 Å². The van der Waals surface area contributed by atoms with Crippen molar-refractivity contribution in [3.05, 3.63) is 45.7 Å². The molecule has 0 spiro atoms. The fraction of sp³-hybridized carbons (Fsp3) is 0.111. The highest BCUT2D eigenvalue weighted by Gasteiger charge is 2.09. The molecule has 0 saturated carbocycles. The van der Waals surface area contributed by atoms with Gasteiger partial charge in [0.15, 0.2) is 0 Å². The third-order valence-electron chi connectivity index (χ3n) is 1.58. The van der Waals surface area contributed by atoms with Gasteiger partial charge in [0.1, 0.15) is 5.82 Å². The summed E-state index contributed by atoms with van der Waals surface area (Å²) in [7, 11) is 0. The minimum Gasteiger partial charge on any atom is -0.380 e. The van der Waals surface area contributed by atoms with Crippen LogP contribution in [0, 0.1) is 15.9 Å². The summed E-state index contributed by atoms with van der Waals surface area (Å²) in [6.45, 7) is 3.65. The molecular formula is C9H8ClFN2O2. The van der Waals surface area contributed by atoms with Crippen LogP contribution in [0.15, 0.2) is 29.8 Å². The number of anilines is 1. The molecule has 0 radical (unpaired) electrons. The Hall–Kier alpha value is -1.62. The molecule has 15 heavy (non-hydrogen) atoms. The number of rotatable bonds is 4. The van der Waals surface area contributed by atoms with Crippen LogP contribution >= 0.6 is 11.6 Å². The normalized spacial score (nSPS) is 9.73. The van der Waals surface area contributed by atoms with E-state index < -0.39 is 10.7 Å². The molecule has 1 aromatic rings. The quantitative estimate of drug-likeness (QED) is 0.639. The number of nitrogens with zero attached hydrogens (tertiary/aromatic N) is 1. The summed E-state index contributed by atoms with van der Waals surface area (Å²) >= 11 is 5.49. The van der Waals surface area contributed by atoms with Gasteiger partial charge < -0.3 is 5.32 Å². The van der Waals surface area contributed by atoms with Crippen molar-refractivity contribution >= 4 is 23.0 Å². The highest BCUT2D eigenvalue weighted by Crippen LogP contribution is 2.20. The molecule has 6 heteroatoms. The number of halogens is 2. The molecule has 0 aliphatic heterocycles. The van der Waals surface area contributed by atoms with Crippen molar-refractivity contribution in [3.8, 4) is 0 Å². The second-order valence-corrected chi connectivity index (χ2v) is 3.36. The smallest absolute Gasteiger partial charge is 0.274 e. The standard InChI is InChI=1S/C9H8ClFN2O2/c1-6(10)5-12-8-2-7(11)3-9(4-8)13(14)15/h2-4,12H,1,5H2. The summed E-state index contributed by atoms with van der Waals surface area (Å²) in [5.41, 5.74) is -0.0128. The third kappa shape index (κ3) is 3.55. The van der Waals surface area contributed by atoms with Crippen LogP contribution in [0.1, 0.15) is 0 Å². The number of hydrogen-bond acceptors (Lipinski definition) is 3. The first-order chi connectivity index (χ1) is 6.99. The molecule has 1 N–H and O–H groups in total. The number of nitro groups is 1. The maximum atomic E-state index is 12.9. The van der Waals surface area contributed by atoms with Gasteiger partial charge in [-0.25, -0.2) is 4.39 Å². The zero-order valence-electron chi connectivity index (χ0n) is 7.67. The van der Waals surface area contributed by atoms with Gasteiger partial charge in [0.2, 0.25) is 0 Å². The lowest BCUT2D eigenvalue weighted by molar-refractivity contribution is -0.385. The summed E-state index contributed by atoms with van der Waals surface area (Å²) in [6.07, 6.45) is 0. The predicted octanol–water partition coefficient (Wildman–Crippen LogP) is 2.90. The first kappa shape index (κ1) is 11.5. The maximum absolute atomic E-state index is 12.9. The van der Waals surface area contributed by atoms with Crippen LogP contribution in [0.4, 0.5) is 15.8 Å². The monoisotopic (exact) mass is 230 g/mol. The molecule has 4 nitrogen and oxygen atoms in total. The first-order valence-corrected chi connectivity index (χ1v) is 4.39. The zero-order chi connectivity index (χ0) is 11.4. The van der Waals surface area contributed by atoms with Gasteiger partial charge in [-0.15, -0.1) is 0 Å². The molecule has 0 aliphatic rings. The van der Waals surface area contributed by atoms with E-state index in [9.17, 15) is 14.5 Å². The van der Waals surface area contributed by atoms with E-state index in [0.29, 0.717) is 10.7 Å². The van der Waals surface area contributed by atoms with Crippen molar-refractivity contribution in [2.75, 3.05) is 11.9 Å². The van der Waals surface area contributed by atoms with Crippen molar-refractivity contribution in [3.63, 3.8) is 0 Å². The third-order valence-corrected chi connectivity index (χ3v) is 1.71. The topological polar surface area (TPSA) is 55.2 Å². The van der Waals surface area contributed by atoms with Gasteiger partial charge in [-0.2, -0.15) is 0 Å². The summed E-state index contributed by atoms with van der Waals surface area (Å²) in [5.74, 6) is -0.674. The van der Waals surface area contributed by atoms with E-state index >= 15 is 0 Å². The minimum atomic E-state index is -0.674. The van der Waals surface area contributed by atoms with Crippen LogP contribution in [0.3, 0.4) is 0 Å². The second-order valence-electron chi connectivity index (χ2n) is 2.83. The summed E-state index contributed by atoms with van der Waals surface area (Å²) in [4.78, 5) is 9.75. The largest absolute Gasteiger partial charge is 0.380 e. The number of nitrogens with one attached hydrogen (secondary N) is 1. The van der Waals surface area contributed by atoms with Crippen LogP contribution in [-0.2, 0) is 0 Å². The predicted molar refractivity (Wildman–Crippen MR) is 56.5 cm³/mol. The summed E-state index contributed by atoms with van der Waals surface area (Å²) in [5, 5.41) is 13.5. The Kier molecular flexibility index (Phi) is 3.62. The van der Waals surface area contributed by atoms with Crippen LogP contribution in [0.25, 0.3) is 0 Å². The van der Waals surface area contributed by atoms with Gasteiger partial charge >= 0.3 is 0 Å². The van der Waals surface area contributed by atoms with E-state index in [0.717, 1.165) is 12.1 Å². The Morgan fingerprint density at radius 3 is 2.80 bits per heavy atom. The molecule has 1 aromatic carbocycles. The molecule has 0 saturated heterocycles. The molecule has 0 atom stereocenters. The van der Waals surface area contributed by atoms with Crippen LogP contribution in [0.5, 0.6) is 0 Å². The Morgan fingerprint density at radius 2 is 2.27 bits per heavy atom. The average Bonchev–Trinajstić information content (AvgIpc) is 2.13. The van der Waals surface area contributed by atoms with Crippen molar-refractivity contribution in [2.24, 2.45) is 0 Å². The Bertz CT molecular complexity index is 409. The lowest BCUT2D eigenvalue weighted by Crippen LogP contribution is -2.02. The van der Waals surface area contributed by atoms with Crippen LogP contribution < -0.4 is 5.32 Å². The molecule has 0 amide bonds. The van der Waals surface area contributed by atoms with Gasteiger partial charge in [-0.3, -0.25) is 10.1 Å². The lowest BCUT2D eigenvalue weighted by atomic mass is 10.2. The molecule has 0 fully saturated rings. The van der Waals surface area contributed by atoms with Crippen LogP contribution in [0.2, 0.25) is 0 Å². The Labute approximate surface area is 90.5 Å². The zero-order valence-corrected chi connectivity index (χ0v) is 8.42. The van der Waals surface area contributed by atoms with Crippen molar-refractivity contribution in [1.82, 2.24) is 0 Å². The van der Waals surface area contributed by atoms with Crippen molar-refractivity contribution < 1.29 is 9.31 Å². The van der Waals surface area contributed by atoms with E-state index in [2.05, 4.69) is 11.9 Å². The summed E-state index contributed by atoms with van der Waals surface area (Å²) < 4.78 is 12.9. The number of non-ortho nitro benzene ring substituents is 1. The second kappa shape index (κ2) is 4.75. The van der Waals surface area contributed by atoms with Gasteiger partial charge in [0, 0.05) is 16.8 Å². The van der Waals surface area contributed by atoms with E-state index in [1.54, 1.807) is 0 Å². The maximum Gasteiger partial charge on any atom is 0.274 e. The fourth-order valence-corrected chi connectivity index (χ4v) is 1.05. The SMILES string of the molecule is C=C(Cl)CNc1cc(F)cc([N+](=O)[O-])c1. The molecule has 0 heterocycles. The van der Waals surface area contributed by atoms with Crippen molar-refractivity contribution in [1.29, 1.82) is 0 Å². The van der Waals surface area contributed by atoms with E-state index in [4.69, 9.17) is 11.6 Å². The number of hydrogen-bond donors (Lipinski definition) is 1. The number of benzene rings is 1. The molecule has 1 rings (SSSR count). The molecule has 0 bridgehead atoms.